The molecule has 1 amide bonds. The number of hydrogen-bond donors (Lipinski definition) is 0. The Morgan fingerprint density at radius 2 is 1.83 bits per heavy atom. The predicted molar refractivity (Wildman–Crippen MR) is 109 cm³/mol. The lowest BCUT2D eigenvalue weighted by Gasteiger charge is -2.17. The zero-order valence-corrected chi connectivity index (χ0v) is 17.2. The van der Waals surface area contributed by atoms with Gasteiger partial charge in [0.1, 0.15) is 0 Å². The molecule has 3 aromatic rings. The molecule has 0 aliphatic rings. The Balaban J connectivity index is 1.60. The van der Waals surface area contributed by atoms with Gasteiger partial charge >= 0.3 is 5.97 Å². The zero-order chi connectivity index (χ0) is 21.0. The summed E-state index contributed by atoms with van der Waals surface area (Å²) in [6.45, 7) is 3.71. The highest BCUT2D eigenvalue weighted by Gasteiger charge is 2.20. The summed E-state index contributed by atoms with van der Waals surface area (Å²) < 4.78 is 5.15. The molecule has 2 aromatic carbocycles. The minimum atomic E-state index is -0.701. The van der Waals surface area contributed by atoms with E-state index in [1.165, 1.54) is 9.70 Å². The molecule has 0 spiro atoms. The van der Waals surface area contributed by atoms with Crippen molar-refractivity contribution in [2.75, 3.05) is 13.7 Å². The number of halogens is 1. The van der Waals surface area contributed by atoms with E-state index in [-0.39, 0.29) is 18.2 Å². The van der Waals surface area contributed by atoms with Crippen molar-refractivity contribution in [3.05, 3.63) is 76.1 Å². The van der Waals surface area contributed by atoms with Crippen LogP contribution in [0.4, 0.5) is 0 Å². The highest BCUT2D eigenvalue weighted by molar-refractivity contribution is 6.30. The molecule has 0 radical (unpaired) electrons. The summed E-state index contributed by atoms with van der Waals surface area (Å²) in [6, 6.07) is 14.8. The minimum Gasteiger partial charge on any atom is -0.451 e. The molecule has 0 N–H and O–H groups in total. The molecule has 8 heteroatoms. The summed E-state index contributed by atoms with van der Waals surface area (Å²) >= 11 is 5.98. The summed E-state index contributed by atoms with van der Waals surface area (Å²) in [4.78, 5) is 27.5. The molecule has 0 aliphatic carbocycles. The van der Waals surface area contributed by atoms with Gasteiger partial charge in [-0.3, -0.25) is 4.79 Å². The van der Waals surface area contributed by atoms with Crippen LogP contribution in [0.15, 0.2) is 48.5 Å². The quantitative estimate of drug-likeness (QED) is 0.580. The van der Waals surface area contributed by atoms with Crippen molar-refractivity contribution in [2.45, 2.75) is 20.4 Å². The standard InChI is InChI=1S/C21H21ClN4O3/c1-14-7-9-16(10-8-14)12-25(3)19(27)13-29-21(28)20-15(2)23-26(24-20)18-6-4-5-17(22)11-18/h4-11H,12-13H2,1-3H3. The second kappa shape index (κ2) is 8.87. The highest BCUT2D eigenvalue weighted by Crippen LogP contribution is 2.15. The summed E-state index contributed by atoms with van der Waals surface area (Å²) in [6.07, 6.45) is 0. The molecule has 0 saturated heterocycles. The molecule has 1 aromatic heterocycles. The summed E-state index contributed by atoms with van der Waals surface area (Å²) in [7, 11) is 1.66. The number of amides is 1. The lowest BCUT2D eigenvalue weighted by atomic mass is 10.1. The number of rotatable bonds is 6. The van der Waals surface area contributed by atoms with Crippen molar-refractivity contribution >= 4 is 23.5 Å². The van der Waals surface area contributed by atoms with Gasteiger partial charge in [-0.25, -0.2) is 4.79 Å². The fraction of sp³-hybridized carbons (Fsp3) is 0.238. The maximum atomic E-state index is 12.4. The van der Waals surface area contributed by atoms with Gasteiger partial charge in [0.25, 0.3) is 5.91 Å². The first-order valence-corrected chi connectivity index (χ1v) is 9.38. The first kappa shape index (κ1) is 20.5. The molecule has 0 saturated carbocycles. The van der Waals surface area contributed by atoms with Crippen molar-refractivity contribution in [1.29, 1.82) is 0 Å². The third kappa shape index (κ3) is 5.20. The number of ether oxygens (including phenoxy) is 1. The molecule has 150 valence electrons. The first-order chi connectivity index (χ1) is 13.8. The number of benzene rings is 2. The molecule has 0 fully saturated rings. The van der Waals surface area contributed by atoms with Crippen molar-refractivity contribution in [3.8, 4) is 5.69 Å². The summed E-state index contributed by atoms with van der Waals surface area (Å²) in [5.74, 6) is -1.01. The van der Waals surface area contributed by atoms with Gasteiger partial charge in [0.2, 0.25) is 0 Å². The van der Waals surface area contributed by atoms with Gasteiger partial charge in [-0.05, 0) is 37.6 Å². The SMILES string of the molecule is Cc1ccc(CN(C)C(=O)COC(=O)c2nn(-c3cccc(Cl)c3)nc2C)cc1. The van der Waals surface area contributed by atoms with Gasteiger partial charge in [0, 0.05) is 18.6 Å². The van der Waals surface area contributed by atoms with Gasteiger partial charge in [-0.15, -0.1) is 5.10 Å². The molecule has 0 aliphatic heterocycles. The van der Waals surface area contributed by atoms with Gasteiger partial charge in [-0.1, -0.05) is 47.5 Å². The molecule has 7 nitrogen and oxygen atoms in total. The van der Waals surface area contributed by atoms with E-state index in [2.05, 4.69) is 10.2 Å². The fourth-order valence-electron chi connectivity index (χ4n) is 2.64. The van der Waals surface area contributed by atoms with E-state index in [0.717, 1.165) is 11.1 Å². The fourth-order valence-corrected chi connectivity index (χ4v) is 2.83. The van der Waals surface area contributed by atoms with Crippen LogP contribution in [0.25, 0.3) is 5.69 Å². The van der Waals surface area contributed by atoms with Gasteiger partial charge in [-0.2, -0.15) is 9.90 Å². The molecule has 1 heterocycles. The van der Waals surface area contributed by atoms with Crippen LogP contribution in [-0.2, 0) is 16.1 Å². The normalized spacial score (nSPS) is 10.6. The van der Waals surface area contributed by atoms with Crippen LogP contribution in [-0.4, -0.2) is 45.4 Å². The maximum absolute atomic E-state index is 12.4. The van der Waals surface area contributed by atoms with E-state index in [1.54, 1.807) is 38.2 Å². The predicted octanol–water partition coefficient (Wildman–Crippen LogP) is 3.35. The van der Waals surface area contributed by atoms with Crippen LogP contribution >= 0.6 is 11.6 Å². The lowest BCUT2D eigenvalue weighted by Crippen LogP contribution is -2.31. The Hall–Kier alpha value is -3.19. The number of esters is 1. The third-order valence-corrected chi connectivity index (χ3v) is 4.54. The average molecular weight is 413 g/mol. The van der Waals surface area contributed by atoms with Crippen LogP contribution in [0, 0.1) is 13.8 Å². The Labute approximate surface area is 173 Å². The number of nitrogens with zero attached hydrogens (tertiary/aromatic N) is 4. The number of carbonyl (C=O) groups excluding carboxylic acids is 2. The molecular weight excluding hydrogens is 392 g/mol. The van der Waals surface area contributed by atoms with Crippen LogP contribution < -0.4 is 0 Å². The van der Waals surface area contributed by atoms with Crippen LogP contribution in [0.2, 0.25) is 5.02 Å². The second-order valence-corrected chi connectivity index (χ2v) is 7.15. The smallest absolute Gasteiger partial charge is 0.361 e. The van der Waals surface area contributed by atoms with Crippen molar-refractivity contribution in [2.24, 2.45) is 0 Å². The van der Waals surface area contributed by atoms with E-state index in [1.807, 2.05) is 31.2 Å². The summed E-state index contributed by atoms with van der Waals surface area (Å²) in [5.41, 5.74) is 3.22. The Kier molecular flexibility index (Phi) is 6.29. The number of hydrogen-bond acceptors (Lipinski definition) is 5. The van der Waals surface area contributed by atoms with E-state index in [0.29, 0.717) is 22.9 Å². The Bertz CT molecular complexity index is 1030. The third-order valence-electron chi connectivity index (χ3n) is 4.31. The highest BCUT2D eigenvalue weighted by atomic mass is 35.5. The molecular formula is C21H21ClN4O3. The van der Waals surface area contributed by atoms with Gasteiger partial charge < -0.3 is 9.64 Å². The van der Waals surface area contributed by atoms with E-state index < -0.39 is 5.97 Å². The molecule has 29 heavy (non-hydrogen) atoms. The van der Waals surface area contributed by atoms with Gasteiger partial charge in [0.15, 0.2) is 12.3 Å². The Morgan fingerprint density at radius 3 is 2.52 bits per heavy atom. The molecule has 0 bridgehead atoms. The van der Waals surface area contributed by atoms with E-state index in [9.17, 15) is 9.59 Å². The number of aromatic nitrogens is 3. The molecule has 0 unspecified atom stereocenters. The minimum absolute atomic E-state index is 0.0546. The summed E-state index contributed by atoms with van der Waals surface area (Å²) in [5, 5.41) is 8.92. The number of carbonyl (C=O) groups is 2. The van der Waals surface area contributed by atoms with Crippen molar-refractivity contribution < 1.29 is 14.3 Å². The molecule has 0 atom stereocenters. The second-order valence-electron chi connectivity index (χ2n) is 6.71. The largest absolute Gasteiger partial charge is 0.451 e. The first-order valence-electron chi connectivity index (χ1n) is 9.00. The lowest BCUT2D eigenvalue weighted by molar-refractivity contribution is -0.133. The van der Waals surface area contributed by atoms with E-state index >= 15 is 0 Å². The number of aryl methyl sites for hydroxylation is 2. The van der Waals surface area contributed by atoms with Gasteiger partial charge in [0.05, 0.1) is 11.4 Å². The van der Waals surface area contributed by atoms with Crippen LogP contribution in [0.3, 0.4) is 0 Å². The molecule has 3 rings (SSSR count). The zero-order valence-electron chi connectivity index (χ0n) is 16.4. The Morgan fingerprint density at radius 1 is 1.10 bits per heavy atom. The number of likely N-dealkylation sites (N-methyl/N-ethyl adjacent to an activating group) is 1. The maximum Gasteiger partial charge on any atom is 0.361 e. The van der Waals surface area contributed by atoms with Crippen molar-refractivity contribution in [1.82, 2.24) is 19.9 Å². The monoisotopic (exact) mass is 412 g/mol. The van der Waals surface area contributed by atoms with E-state index in [4.69, 9.17) is 16.3 Å². The van der Waals surface area contributed by atoms with Crippen molar-refractivity contribution in [3.63, 3.8) is 0 Å². The van der Waals surface area contributed by atoms with Crippen LogP contribution in [0.5, 0.6) is 0 Å². The topological polar surface area (TPSA) is 77.3 Å². The average Bonchev–Trinajstić information content (AvgIpc) is 3.09. The van der Waals surface area contributed by atoms with Crippen LogP contribution in [0.1, 0.15) is 27.3 Å².